The number of benzene rings is 2. The zero-order chi connectivity index (χ0) is 18.4. The number of carbonyl (C=O) groups excluding carboxylic acids is 1. The van der Waals surface area contributed by atoms with E-state index in [-0.39, 0.29) is 18.0 Å². The number of nitrogens with two attached hydrogens (primary N) is 1. The lowest BCUT2D eigenvalue weighted by Crippen LogP contribution is -2.92. The van der Waals surface area contributed by atoms with Gasteiger partial charge in [-0.15, -0.1) is 11.3 Å². The van der Waals surface area contributed by atoms with Gasteiger partial charge in [0.05, 0.1) is 17.7 Å². The summed E-state index contributed by atoms with van der Waals surface area (Å²) in [7, 11) is 1.60. The second kappa shape index (κ2) is 8.65. The van der Waals surface area contributed by atoms with Crippen LogP contribution in [0.4, 0.5) is 5.69 Å². The van der Waals surface area contributed by atoms with Crippen molar-refractivity contribution in [3.05, 3.63) is 82.6 Å². The first-order valence-corrected chi connectivity index (χ1v) is 9.44. The number of anilines is 1. The number of nitrogens with one attached hydrogen (secondary N) is 1. The summed E-state index contributed by atoms with van der Waals surface area (Å²) in [5.41, 5.74) is 1.87. The predicted molar refractivity (Wildman–Crippen MR) is 106 cm³/mol. The Labute approximate surface area is 157 Å². The van der Waals surface area contributed by atoms with Crippen molar-refractivity contribution in [1.29, 1.82) is 0 Å². The maximum Gasteiger partial charge on any atom is 0.282 e. The van der Waals surface area contributed by atoms with E-state index in [4.69, 9.17) is 4.74 Å². The molecule has 0 unspecified atom stereocenters. The first kappa shape index (κ1) is 18.2. The molecule has 134 valence electrons. The molecule has 0 saturated carbocycles. The second-order valence-corrected chi connectivity index (χ2v) is 7.05. The molecule has 3 rings (SSSR count). The van der Waals surface area contributed by atoms with Gasteiger partial charge in [0.15, 0.2) is 6.04 Å². The maximum atomic E-state index is 12.7. The van der Waals surface area contributed by atoms with Crippen molar-refractivity contribution in [2.24, 2.45) is 0 Å². The molecule has 3 N–H and O–H groups in total. The smallest absolute Gasteiger partial charge is 0.282 e. The molecule has 0 spiro atoms. The Balaban J connectivity index is 1.75. The van der Waals surface area contributed by atoms with Crippen LogP contribution in [0.5, 0.6) is 5.75 Å². The highest BCUT2D eigenvalue weighted by Gasteiger charge is 2.25. The van der Waals surface area contributed by atoms with Gasteiger partial charge in [-0.1, -0.05) is 48.5 Å². The van der Waals surface area contributed by atoms with Crippen molar-refractivity contribution >= 4 is 22.9 Å². The third kappa shape index (κ3) is 4.31. The van der Waals surface area contributed by atoms with E-state index in [1.54, 1.807) is 18.4 Å². The fraction of sp³-hybridized carbons (Fsp3) is 0.190. The number of amides is 1. The summed E-state index contributed by atoms with van der Waals surface area (Å²) in [4.78, 5) is 14.0. The molecule has 0 aliphatic rings. The van der Waals surface area contributed by atoms with E-state index in [9.17, 15) is 4.79 Å². The largest absolute Gasteiger partial charge is 0.495 e. The zero-order valence-corrected chi connectivity index (χ0v) is 15.7. The minimum Gasteiger partial charge on any atom is -0.495 e. The summed E-state index contributed by atoms with van der Waals surface area (Å²) >= 11 is 1.71. The number of thiophene rings is 1. The number of carbonyl (C=O) groups is 1. The molecule has 5 heteroatoms. The van der Waals surface area contributed by atoms with Crippen molar-refractivity contribution in [3.8, 4) is 5.75 Å². The maximum absolute atomic E-state index is 12.7. The normalized spacial score (nSPS) is 13.0. The van der Waals surface area contributed by atoms with Gasteiger partial charge in [0.1, 0.15) is 11.8 Å². The van der Waals surface area contributed by atoms with Crippen LogP contribution in [0, 0.1) is 0 Å². The van der Waals surface area contributed by atoms with Gasteiger partial charge in [0.25, 0.3) is 5.91 Å². The fourth-order valence-electron chi connectivity index (χ4n) is 2.87. The number of hydrogen-bond donors (Lipinski definition) is 2. The van der Waals surface area contributed by atoms with E-state index in [1.165, 1.54) is 10.4 Å². The standard InChI is InChI=1S/C21H22N2O2S/c1-15(21(24)23-17-11-6-7-12-18(17)25-2)22-20(19-13-8-14-26-19)16-9-4-3-5-10-16/h3-15,20,22H,1-2H3,(H,23,24)/p+1/t15-,20+/m0/s1. The molecule has 1 amide bonds. The summed E-state index contributed by atoms with van der Waals surface area (Å²) in [5.74, 6) is 0.609. The molecular formula is C21H23N2O2S+. The van der Waals surface area contributed by atoms with Gasteiger partial charge < -0.3 is 15.4 Å². The topological polar surface area (TPSA) is 54.9 Å². The Bertz CT molecular complexity index is 834. The van der Waals surface area contributed by atoms with E-state index < -0.39 is 0 Å². The summed E-state index contributed by atoms with van der Waals surface area (Å²) < 4.78 is 5.31. The highest BCUT2D eigenvalue weighted by molar-refractivity contribution is 7.10. The highest BCUT2D eigenvalue weighted by Crippen LogP contribution is 2.24. The number of ether oxygens (including phenoxy) is 1. The lowest BCUT2D eigenvalue weighted by Gasteiger charge is -2.20. The van der Waals surface area contributed by atoms with Crippen LogP contribution in [0.3, 0.4) is 0 Å². The first-order valence-electron chi connectivity index (χ1n) is 8.56. The van der Waals surface area contributed by atoms with Gasteiger partial charge >= 0.3 is 0 Å². The van der Waals surface area contributed by atoms with Crippen LogP contribution in [0.1, 0.15) is 23.4 Å². The Morgan fingerprint density at radius 3 is 2.46 bits per heavy atom. The molecule has 0 saturated heterocycles. The molecule has 4 nitrogen and oxygen atoms in total. The van der Waals surface area contributed by atoms with Crippen molar-refractivity contribution in [2.45, 2.75) is 19.0 Å². The molecule has 2 aromatic carbocycles. The average molecular weight is 367 g/mol. The van der Waals surface area contributed by atoms with Crippen LogP contribution in [0.15, 0.2) is 72.1 Å². The lowest BCUT2D eigenvalue weighted by atomic mass is 10.0. The van der Waals surface area contributed by atoms with Gasteiger partial charge in [-0.2, -0.15) is 0 Å². The van der Waals surface area contributed by atoms with E-state index in [0.29, 0.717) is 11.4 Å². The molecule has 0 fully saturated rings. The van der Waals surface area contributed by atoms with Gasteiger partial charge in [-0.05, 0) is 30.5 Å². The first-order chi connectivity index (χ1) is 12.7. The SMILES string of the molecule is COc1ccccc1NC(=O)[C@H](C)[NH2+][C@H](c1ccccc1)c1cccs1. The molecule has 1 heterocycles. The van der Waals surface area contributed by atoms with E-state index in [2.05, 4.69) is 34.2 Å². The van der Waals surface area contributed by atoms with Crippen molar-refractivity contribution in [3.63, 3.8) is 0 Å². The Hall–Kier alpha value is -2.63. The molecule has 0 aliphatic heterocycles. The van der Waals surface area contributed by atoms with Gasteiger partial charge in [0, 0.05) is 5.56 Å². The van der Waals surface area contributed by atoms with E-state index >= 15 is 0 Å². The summed E-state index contributed by atoms with van der Waals surface area (Å²) in [6, 6.07) is 21.7. The van der Waals surface area contributed by atoms with Crippen molar-refractivity contribution in [1.82, 2.24) is 0 Å². The quantitative estimate of drug-likeness (QED) is 0.672. The van der Waals surface area contributed by atoms with Crippen molar-refractivity contribution in [2.75, 3.05) is 12.4 Å². The van der Waals surface area contributed by atoms with Gasteiger partial charge in [-0.25, -0.2) is 0 Å². The minimum absolute atomic E-state index is 0.0491. The molecule has 0 radical (unpaired) electrons. The molecule has 0 aliphatic carbocycles. The van der Waals surface area contributed by atoms with Crippen LogP contribution in [-0.4, -0.2) is 19.1 Å². The summed E-state index contributed by atoms with van der Waals surface area (Å²) in [6.07, 6.45) is 0. The fourth-order valence-corrected chi connectivity index (χ4v) is 3.70. The third-order valence-corrected chi connectivity index (χ3v) is 5.22. The number of hydrogen-bond acceptors (Lipinski definition) is 3. The Morgan fingerprint density at radius 2 is 1.77 bits per heavy atom. The second-order valence-electron chi connectivity index (χ2n) is 6.07. The summed E-state index contributed by atoms with van der Waals surface area (Å²) in [5, 5.41) is 7.14. The number of methoxy groups -OCH3 is 1. The average Bonchev–Trinajstić information content (AvgIpc) is 3.21. The molecule has 0 bridgehead atoms. The molecule has 26 heavy (non-hydrogen) atoms. The molecular weight excluding hydrogens is 344 g/mol. The third-order valence-electron chi connectivity index (χ3n) is 4.27. The number of quaternary nitrogens is 1. The van der Waals surface area contributed by atoms with Gasteiger partial charge in [0.2, 0.25) is 0 Å². The van der Waals surface area contributed by atoms with Crippen LogP contribution in [0.25, 0.3) is 0 Å². The predicted octanol–water partition coefficient (Wildman–Crippen LogP) is 3.44. The lowest BCUT2D eigenvalue weighted by molar-refractivity contribution is -0.703. The monoisotopic (exact) mass is 367 g/mol. The van der Waals surface area contributed by atoms with Crippen LogP contribution >= 0.6 is 11.3 Å². The van der Waals surface area contributed by atoms with E-state index in [1.807, 2.05) is 55.5 Å². The van der Waals surface area contributed by atoms with E-state index in [0.717, 1.165) is 0 Å². The molecule has 2 atom stereocenters. The Morgan fingerprint density at radius 1 is 1.04 bits per heavy atom. The van der Waals surface area contributed by atoms with Crippen LogP contribution in [0.2, 0.25) is 0 Å². The Kier molecular flexibility index (Phi) is 6.04. The molecule has 3 aromatic rings. The van der Waals surface area contributed by atoms with Gasteiger partial charge in [-0.3, -0.25) is 4.79 Å². The minimum atomic E-state index is -0.257. The summed E-state index contributed by atoms with van der Waals surface area (Å²) in [6.45, 7) is 1.92. The number of rotatable bonds is 7. The number of para-hydroxylation sites is 2. The van der Waals surface area contributed by atoms with Crippen LogP contribution < -0.4 is 15.4 Å². The highest BCUT2D eigenvalue weighted by atomic mass is 32.1. The van der Waals surface area contributed by atoms with Crippen LogP contribution in [-0.2, 0) is 4.79 Å². The zero-order valence-electron chi connectivity index (χ0n) is 14.9. The van der Waals surface area contributed by atoms with Crippen molar-refractivity contribution < 1.29 is 14.8 Å². The molecule has 1 aromatic heterocycles.